The van der Waals surface area contributed by atoms with E-state index in [0.29, 0.717) is 5.69 Å². The summed E-state index contributed by atoms with van der Waals surface area (Å²) in [4.78, 5) is 10.0. The normalized spacial score (nSPS) is 9.62. The van der Waals surface area contributed by atoms with Crippen molar-refractivity contribution in [3.63, 3.8) is 0 Å². The second kappa shape index (κ2) is 4.95. The lowest BCUT2D eigenvalue weighted by Gasteiger charge is -2.10. The number of anilines is 1. The maximum atomic E-state index is 10.6. The van der Waals surface area contributed by atoms with E-state index < -0.39 is 4.92 Å². The summed E-state index contributed by atoms with van der Waals surface area (Å²) in [7, 11) is 1.37. The SMILES string of the molecule is COc1cc([N+](=O)[O-])c(Cl)cc1NC(N)=S. The van der Waals surface area contributed by atoms with Crippen molar-refractivity contribution in [2.24, 2.45) is 5.73 Å². The molecule has 0 heterocycles. The van der Waals surface area contributed by atoms with Gasteiger partial charge in [-0.3, -0.25) is 10.1 Å². The van der Waals surface area contributed by atoms with Gasteiger partial charge in [0.2, 0.25) is 0 Å². The Morgan fingerprint density at radius 1 is 1.69 bits per heavy atom. The number of rotatable bonds is 3. The molecule has 1 rings (SSSR count). The molecule has 1 aromatic carbocycles. The van der Waals surface area contributed by atoms with Gasteiger partial charge in [-0.25, -0.2) is 0 Å². The quantitative estimate of drug-likeness (QED) is 0.491. The fourth-order valence-electron chi connectivity index (χ4n) is 1.08. The summed E-state index contributed by atoms with van der Waals surface area (Å²) in [5, 5.41) is 13.2. The van der Waals surface area contributed by atoms with Crippen molar-refractivity contribution < 1.29 is 9.66 Å². The van der Waals surface area contributed by atoms with Crippen LogP contribution >= 0.6 is 23.8 Å². The predicted octanol–water partition coefficient (Wildman–Crippen LogP) is 1.91. The average molecular weight is 262 g/mol. The molecule has 0 aromatic heterocycles. The van der Waals surface area contributed by atoms with Crippen LogP contribution in [-0.2, 0) is 0 Å². The smallest absolute Gasteiger partial charge is 0.291 e. The molecule has 86 valence electrons. The molecule has 3 N–H and O–H groups in total. The molecule has 0 spiro atoms. The number of halogens is 1. The molecule has 0 radical (unpaired) electrons. The summed E-state index contributed by atoms with van der Waals surface area (Å²) < 4.78 is 4.95. The number of benzene rings is 1. The van der Waals surface area contributed by atoms with Gasteiger partial charge in [-0.05, 0) is 18.3 Å². The molecule has 0 aliphatic heterocycles. The lowest BCUT2D eigenvalue weighted by molar-refractivity contribution is -0.384. The largest absolute Gasteiger partial charge is 0.494 e. The number of nitro groups is 1. The van der Waals surface area contributed by atoms with E-state index in [9.17, 15) is 10.1 Å². The Labute approximate surface area is 101 Å². The zero-order valence-corrected chi connectivity index (χ0v) is 9.76. The van der Waals surface area contributed by atoms with Crippen molar-refractivity contribution in [2.45, 2.75) is 0 Å². The molecule has 0 amide bonds. The minimum atomic E-state index is -0.602. The number of ether oxygens (including phenoxy) is 1. The van der Waals surface area contributed by atoms with E-state index in [1.165, 1.54) is 19.2 Å². The van der Waals surface area contributed by atoms with Gasteiger partial charge in [0.25, 0.3) is 5.69 Å². The zero-order valence-electron chi connectivity index (χ0n) is 8.19. The fourth-order valence-corrected chi connectivity index (χ4v) is 1.42. The van der Waals surface area contributed by atoms with Gasteiger partial charge >= 0.3 is 0 Å². The van der Waals surface area contributed by atoms with E-state index >= 15 is 0 Å². The first-order chi connectivity index (χ1) is 7.45. The standard InChI is InChI=1S/C8H8ClN3O3S/c1-15-7-3-6(12(13)14)4(9)2-5(7)11-8(10)16/h2-3H,1H3,(H3,10,11,16). The molecule has 1 aromatic rings. The van der Waals surface area contributed by atoms with Gasteiger partial charge in [-0.15, -0.1) is 0 Å². The van der Waals surface area contributed by atoms with Crippen LogP contribution in [0.15, 0.2) is 12.1 Å². The molecule has 0 fully saturated rings. The van der Waals surface area contributed by atoms with E-state index in [4.69, 9.17) is 22.1 Å². The molecule has 0 bridgehead atoms. The Kier molecular flexibility index (Phi) is 3.86. The van der Waals surface area contributed by atoms with E-state index in [0.717, 1.165) is 0 Å². The number of nitrogens with zero attached hydrogens (tertiary/aromatic N) is 1. The van der Waals surface area contributed by atoms with E-state index in [1.54, 1.807) is 0 Å². The number of nitrogens with two attached hydrogens (primary N) is 1. The van der Waals surface area contributed by atoms with Crippen LogP contribution in [0.4, 0.5) is 11.4 Å². The summed E-state index contributed by atoms with van der Waals surface area (Å²) in [5.74, 6) is 0.240. The highest BCUT2D eigenvalue weighted by Gasteiger charge is 2.17. The van der Waals surface area contributed by atoms with Crippen LogP contribution in [0.1, 0.15) is 0 Å². The zero-order chi connectivity index (χ0) is 12.3. The molecule has 0 saturated carbocycles. The first-order valence-electron chi connectivity index (χ1n) is 4.04. The van der Waals surface area contributed by atoms with Crippen LogP contribution in [0, 0.1) is 10.1 Å². The number of thiocarbonyl (C=S) groups is 1. The highest BCUT2D eigenvalue weighted by atomic mass is 35.5. The van der Waals surface area contributed by atoms with Crippen molar-refractivity contribution in [2.75, 3.05) is 12.4 Å². The molecule has 0 unspecified atom stereocenters. The average Bonchev–Trinajstić information content (AvgIpc) is 2.16. The maximum absolute atomic E-state index is 10.6. The van der Waals surface area contributed by atoms with Crippen LogP contribution < -0.4 is 15.8 Å². The van der Waals surface area contributed by atoms with E-state index in [1.807, 2.05) is 0 Å². The second-order valence-corrected chi connectivity index (χ2v) is 3.60. The minimum absolute atomic E-state index is 0.0169. The highest BCUT2D eigenvalue weighted by molar-refractivity contribution is 7.80. The topological polar surface area (TPSA) is 90.4 Å². The minimum Gasteiger partial charge on any atom is -0.494 e. The monoisotopic (exact) mass is 261 g/mol. The molecule has 0 atom stereocenters. The molecule has 6 nitrogen and oxygen atoms in total. The number of nitro benzene ring substituents is 1. The van der Waals surface area contributed by atoms with Gasteiger partial charge < -0.3 is 15.8 Å². The summed E-state index contributed by atoms with van der Waals surface area (Å²) in [6, 6.07) is 2.53. The molecule has 0 saturated heterocycles. The van der Waals surface area contributed by atoms with Crippen LogP contribution in [0.25, 0.3) is 0 Å². The van der Waals surface area contributed by atoms with Crippen molar-refractivity contribution >= 4 is 40.3 Å². The van der Waals surface area contributed by atoms with E-state index in [-0.39, 0.29) is 21.6 Å². The molecular weight excluding hydrogens is 254 g/mol. The first kappa shape index (κ1) is 12.5. The first-order valence-corrected chi connectivity index (χ1v) is 4.82. The predicted molar refractivity (Wildman–Crippen MR) is 65.1 cm³/mol. The fraction of sp³-hybridized carbons (Fsp3) is 0.125. The van der Waals surface area contributed by atoms with Gasteiger partial charge in [-0.1, -0.05) is 11.6 Å². The van der Waals surface area contributed by atoms with Crippen molar-refractivity contribution in [1.82, 2.24) is 0 Å². The van der Waals surface area contributed by atoms with Crippen LogP contribution in [-0.4, -0.2) is 17.1 Å². The lowest BCUT2D eigenvalue weighted by atomic mass is 10.2. The number of hydrogen-bond acceptors (Lipinski definition) is 4. The van der Waals surface area contributed by atoms with Crippen LogP contribution in [0.2, 0.25) is 5.02 Å². The molecule has 0 aliphatic carbocycles. The van der Waals surface area contributed by atoms with Crippen molar-refractivity contribution in [3.05, 3.63) is 27.3 Å². The summed E-state index contributed by atoms with van der Waals surface area (Å²) in [6.45, 7) is 0. The highest BCUT2D eigenvalue weighted by Crippen LogP contribution is 2.35. The number of nitrogens with one attached hydrogen (secondary N) is 1. The molecular formula is C8H8ClN3O3S. The van der Waals surface area contributed by atoms with Gasteiger partial charge in [0.1, 0.15) is 10.8 Å². The Bertz CT molecular complexity index is 452. The van der Waals surface area contributed by atoms with Crippen LogP contribution in [0.3, 0.4) is 0 Å². The second-order valence-electron chi connectivity index (χ2n) is 2.75. The third-order valence-electron chi connectivity index (χ3n) is 1.72. The summed E-state index contributed by atoms with van der Waals surface area (Å²) >= 11 is 10.4. The Balaban J connectivity index is 3.26. The third-order valence-corrected chi connectivity index (χ3v) is 2.13. The number of methoxy groups -OCH3 is 1. The maximum Gasteiger partial charge on any atom is 0.291 e. The Morgan fingerprint density at radius 3 is 2.75 bits per heavy atom. The van der Waals surface area contributed by atoms with Crippen molar-refractivity contribution in [3.8, 4) is 5.75 Å². The third kappa shape index (κ3) is 2.71. The van der Waals surface area contributed by atoms with Gasteiger partial charge in [0.05, 0.1) is 23.8 Å². The lowest BCUT2D eigenvalue weighted by Crippen LogP contribution is -2.19. The molecule has 0 aliphatic rings. The van der Waals surface area contributed by atoms with Crippen molar-refractivity contribution in [1.29, 1.82) is 0 Å². The van der Waals surface area contributed by atoms with Gasteiger partial charge in [-0.2, -0.15) is 0 Å². The summed E-state index contributed by atoms with van der Waals surface area (Å²) in [6.07, 6.45) is 0. The Morgan fingerprint density at radius 2 is 2.31 bits per heavy atom. The molecule has 16 heavy (non-hydrogen) atoms. The summed E-state index contributed by atoms with van der Waals surface area (Å²) in [5.41, 5.74) is 5.42. The number of hydrogen-bond donors (Lipinski definition) is 2. The van der Waals surface area contributed by atoms with Crippen LogP contribution in [0.5, 0.6) is 5.75 Å². The molecule has 8 heteroatoms. The van der Waals surface area contributed by atoms with Gasteiger partial charge in [0, 0.05) is 0 Å². The van der Waals surface area contributed by atoms with E-state index in [2.05, 4.69) is 17.5 Å². The Hall–Kier alpha value is -1.60. The van der Waals surface area contributed by atoms with Gasteiger partial charge in [0.15, 0.2) is 5.11 Å².